The first-order valence-electron chi connectivity index (χ1n) is 5.57. The van der Waals surface area contributed by atoms with E-state index in [1.807, 2.05) is 18.9 Å². The van der Waals surface area contributed by atoms with Crippen LogP contribution in [0.2, 0.25) is 0 Å². The number of amides is 1. The third-order valence-electron chi connectivity index (χ3n) is 2.56. The molecule has 0 heterocycles. The zero-order valence-electron chi connectivity index (χ0n) is 10.3. The molecule has 100 valence electrons. The van der Waals surface area contributed by atoms with Gasteiger partial charge in [0.25, 0.3) is 5.91 Å². The van der Waals surface area contributed by atoms with Crippen LogP contribution in [0, 0.1) is 17.5 Å². The summed E-state index contributed by atoms with van der Waals surface area (Å²) in [6.07, 6.45) is 0. The smallest absolute Gasteiger partial charge is 0.251 e. The topological polar surface area (TPSA) is 32.3 Å². The standard InChI is InChI=1S/C12H15F3N2O/c1-3-17(2)5-4-16-12(18)8-6-9(13)11(15)10(14)7-8/h6-7H,3-5H2,1-2H3,(H,16,18). The Balaban J connectivity index is 2.62. The first kappa shape index (κ1) is 14.5. The van der Waals surface area contributed by atoms with Crippen molar-refractivity contribution in [2.75, 3.05) is 26.7 Å². The summed E-state index contributed by atoms with van der Waals surface area (Å²) < 4.78 is 38.5. The minimum absolute atomic E-state index is 0.231. The van der Waals surface area contributed by atoms with Gasteiger partial charge in [-0.25, -0.2) is 13.2 Å². The summed E-state index contributed by atoms with van der Waals surface area (Å²) in [6, 6.07) is 1.36. The lowest BCUT2D eigenvalue weighted by Gasteiger charge is -2.14. The van der Waals surface area contributed by atoms with E-state index in [4.69, 9.17) is 0 Å². The fraction of sp³-hybridized carbons (Fsp3) is 0.417. The molecule has 0 saturated carbocycles. The first-order chi connectivity index (χ1) is 8.45. The van der Waals surface area contributed by atoms with Crippen molar-refractivity contribution in [3.05, 3.63) is 35.1 Å². The van der Waals surface area contributed by atoms with Crippen LogP contribution in [0.5, 0.6) is 0 Å². The van der Waals surface area contributed by atoms with E-state index in [2.05, 4.69) is 5.32 Å². The maximum Gasteiger partial charge on any atom is 0.251 e. The highest BCUT2D eigenvalue weighted by Gasteiger charge is 2.14. The van der Waals surface area contributed by atoms with E-state index in [-0.39, 0.29) is 5.56 Å². The number of benzene rings is 1. The predicted molar refractivity (Wildman–Crippen MR) is 61.8 cm³/mol. The molecule has 1 rings (SSSR count). The molecule has 0 aliphatic heterocycles. The van der Waals surface area contributed by atoms with E-state index in [0.29, 0.717) is 25.2 Å². The van der Waals surface area contributed by atoms with E-state index in [1.54, 1.807) is 0 Å². The van der Waals surface area contributed by atoms with Gasteiger partial charge in [0.2, 0.25) is 0 Å². The molecule has 1 N–H and O–H groups in total. The Morgan fingerprint density at radius 1 is 1.28 bits per heavy atom. The van der Waals surface area contributed by atoms with Crippen molar-refractivity contribution in [1.82, 2.24) is 10.2 Å². The van der Waals surface area contributed by atoms with Gasteiger partial charge in [0.15, 0.2) is 17.5 Å². The van der Waals surface area contributed by atoms with Gasteiger partial charge in [-0.1, -0.05) is 6.92 Å². The maximum atomic E-state index is 12.9. The van der Waals surface area contributed by atoms with Crippen LogP contribution in [0.25, 0.3) is 0 Å². The Morgan fingerprint density at radius 2 is 1.83 bits per heavy atom. The van der Waals surface area contributed by atoms with Crippen LogP contribution in [0.15, 0.2) is 12.1 Å². The second-order valence-corrected chi connectivity index (χ2v) is 3.91. The van der Waals surface area contributed by atoms with Gasteiger partial charge in [-0.15, -0.1) is 0 Å². The number of nitrogens with zero attached hydrogens (tertiary/aromatic N) is 1. The number of carbonyl (C=O) groups excluding carboxylic acids is 1. The summed E-state index contributed by atoms with van der Waals surface area (Å²) >= 11 is 0. The van der Waals surface area contributed by atoms with Crippen molar-refractivity contribution in [2.45, 2.75) is 6.92 Å². The summed E-state index contributed by atoms with van der Waals surface area (Å²) in [4.78, 5) is 13.5. The van der Waals surface area contributed by atoms with E-state index in [1.165, 1.54) is 0 Å². The lowest BCUT2D eigenvalue weighted by Crippen LogP contribution is -2.33. The molecule has 0 aliphatic rings. The fourth-order valence-electron chi connectivity index (χ4n) is 1.31. The number of rotatable bonds is 5. The van der Waals surface area contributed by atoms with Crippen LogP contribution in [-0.2, 0) is 0 Å². The average Bonchev–Trinajstić information content (AvgIpc) is 2.34. The van der Waals surface area contributed by atoms with Gasteiger partial charge in [-0.2, -0.15) is 0 Å². The van der Waals surface area contributed by atoms with Crippen molar-refractivity contribution >= 4 is 5.91 Å². The molecular formula is C12H15F3N2O. The van der Waals surface area contributed by atoms with Gasteiger partial charge in [-0.3, -0.25) is 4.79 Å². The van der Waals surface area contributed by atoms with E-state index < -0.39 is 23.4 Å². The van der Waals surface area contributed by atoms with Crippen molar-refractivity contribution in [3.8, 4) is 0 Å². The third-order valence-corrected chi connectivity index (χ3v) is 2.56. The van der Waals surface area contributed by atoms with Crippen LogP contribution < -0.4 is 5.32 Å². The second-order valence-electron chi connectivity index (χ2n) is 3.91. The minimum atomic E-state index is -1.57. The number of hydrogen-bond acceptors (Lipinski definition) is 2. The van der Waals surface area contributed by atoms with Gasteiger partial charge < -0.3 is 10.2 Å². The molecule has 18 heavy (non-hydrogen) atoms. The SMILES string of the molecule is CCN(C)CCNC(=O)c1cc(F)c(F)c(F)c1. The van der Waals surface area contributed by atoms with Gasteiger partial charge in [0.05, 0.1) is 0 Å². The molecule has 1 aromatic rings. The van der Waals surface area contributed by atoms with Crippen molar-refractivity contribution in [3.63, 3.8) is 0 Å². The second kappa shape index (κ2) is 6.39. The summed E-state index contributed by atoms with van der Waals surface area (Å²) in [7, 11) is 1.88. The van der Waals surface area contributed by atoms with Crippen LogP contribution in [0.4, 0.5) is 13.2 Å². The maximum absolute atomic E-state index is 12.9. The third kappa shape index (κ3) is 3.73. The quantitative estimate of drug-likeness (QED) is 0.819. The molecule has 0 unspecified atom stereocenters. The van der Waals surface area contributed by atoms with Gasteiger partial charge >= 0.3 is 0 Å². The molecule has 0 atom stereocenters. The van der Waals surface area contributed by atoms with Gasteiger partial charge in [0.1, 0.15) is 0 Å². The predicted octanol–water partition coefficient (Wildman–Crippen LogP) is 1.79. The van der Waals surface area contributed by atoms with Crippen molar-refractivity contribution in [1.29, 1.82) is 0 Å². The average molecular weight is 260 g/mol. The van der Waals surface area contributed by atoms with Crippen molar-refractivity contribution in [2.24, 2.45) is 0 Å². The van der Waals surface area contributed by atoms with E-state index in [9.17, 15) is 18.0 Å². The first-order valence-corrected chi connectivity index (χ1v) is 5.57. The number of likely N-dealkylation sites (N-methyl/N-ethyl adjacent to an activating group) is 1. The number of hydrogen-bond donors (Lipinski definition) is 1. The molecule has 1 aromatic carbocycles. The molecule has 3 nitrogen and oxygen atoms in total. The lowest BCUT2D eigenvalue weighted by molar-refractivity contribution is 0.0949. The number of carbonyl (C=O) groups is 1. The molecular weight excluding hydrogens is 245 g/mol. The Bertz CT molecular complexity index is 414. The van der Waals surface area contributed by atoms with Gasteiger partial charge in [-0.05, 0) is 25.7 Å². The Hall–Kier alpha value is -1.56. The Labute approximate surface area is 104 Å². The molecule has 6 heteroatoms. The number of nitrogens with one attached hydrogen (secondary N) is 1. The largest absolute Gasteiger partial charge is 0.351 e. The molecule has 0 saturated heterocycles. The molecule has 0 bridgehead atoms. The highest BCUT2D eigenvalue weighted by Crippen LogP contribution is 2.13. The monoisotopic (exact) mass is 260 g/mol. The molecule has 0 spiro atoms. The van der Waals surface area contributed by atoms with Crippen molar-refractivity contribution < 1.29 is 18.0 Å². The fourth-order valence-corrected chi connectivity index (χ4v) is 1.31. The van der Waals surface area contributed by atoms with Crippen LogP contribution in [-0.4, -0.2) is 37.5 Å². The summed E-state index contributed by atoms with van der Waals surface area (Å²) in [5.41, 5.74) is -0.231. The lowest BCUT2D eigenvalue weighted by atomic mass is 10.2. The summed E-state index contributed by atoms with van der Waals surface area (Å²) in [5.74, 6) is -4.94. The molecule has 0 radical (unpaired) electrons. The highest BCUT2D eigenvalue weighted by molar-refractivity contribution is 5.94. The molecule has 0 aromatic heterocycles. The highest BCUT2D eigenvalue weighted by atomic mass is 19.2. The molecule has 1 amide bonds. The van der Waals surface area contributed by atoms with Gasteiger partial charge in [0, 0.05) is 18.7 Å². The van der Waals surface area contributed by atoms with Crippen LogP contribution in [0.1, 0.15) is 17.3 Å². The zero-order valence-corrected chi connectivity index (χ0v) is 10.3. The minimum Gasteiger partial charge on any atom is -0.351 e. The Kier molecular flexibility index (Phi) is 5.15. The van der Waals surface area contributed by atoms with E-state index in [0.717, 1.165) is 6.54 Å². The molecule has 0 aliphatic carbocycles. The molecule has 0 fully saturated rings. The van der Waals surface area contributed by atoms with Crippen LogP contribution in [0.3, 0.4) is 0 Å². The normalized spacial score (nSPS) is 10.8. The summed E-state index contributed by atoms with van der Waals surface area (Å²) in [5, 5.41) is 2.50. The Morgan fingerprint density at radius 3 is 2.33 bits per heavy atom. The zero-order chi connectivity index (χ0) is 13.7. The van der Waals surface area contributed by atoms with E-state index >= 15 is 0 Å². The number of halogens is 3. The van der Waals surface area contributed by atoms with Crippen LogP contribution >= 0.6 is 0 Å². The summed E-state index contributed by atoms with van der Waals surface area (Å²) in [6.45, 7) is 3.76.